The van der Waals surface area contributed by atoms with Crippen LogP contribution in [0.5, 0.6) is 0 Å². The summed E-state index contributed by atoms with van der Waals surface area (Å²) in [5.74, 6) is 0. The van der Waals surface area contributed by atoms with Crippen LogP contribution in [-0.4, -0.2) is 14.5 Å². The average Bonchev–Trinajstić information content (AvgIpc) is 2.74. The molecule has 0 aliphatic rings. The second-order valence-electron chi connectivity index (χ2n) is 3.15. The molecule has 0 saturated carbocycles. The molecule has 2 aromatic heterocycles. The maximum Gasteiger partial charge on any atom is 0.286 e. The molecule has 0 spiro atoms. The Morgan fingerprint density at radius 3 is 2.88 bits per heavy atom. The summed E-state index contributed by atoms with van der Waals surface area (Å²) < 4.78 is 1.20. The molecule has 0 N–H and O–H groups in total. The van der Waals surface area contributed by atoms with Crippen molar-refractivity contribution in [3.8, 4) is 10.4 Å². The fraction of sp³-hybridized carbons (Fsp3) is 0.111. The van der Waals surface area contributed by atoms with Gasteiger partial charge in [0.25, 0.3) is 11.2 Å². The fourth-order valence-corrected chi connectivity index (χ4v) is 1.95. The monoisotopic (exact) mass is 237 g/mol. The highest BCUT2D eigenvalue weighted by Gasteiger charge is 2.14. The van der Waals surface area contributed by atoms with Gasteiger partial charge in [0, 0.05) is 19.3 Å². The summed E-state index contributed by atoms with van der Waals surface area (Å²) in [6.45, 7) is 0. The summed E-state index contributed by atoms with van der Waals surface area (Å²) in [5.41, 5.74) is 1.51. The predicted molar refractivity (Wildman–Crippen MR) is 59.4 cm³/mol. The Kier molecular flexibility index (Phi) is 2.53. The van der Waals surface area contributed by atoms with Crippen LogP contribution in [-0.2, 0) is 7.05 Å². The number of aromatic nitrogens is 2. The van der Waals surface area contributed by atoms with Crippen molar-refractivity contribution in [2.45, 2.75) is 0 Å². The molecule has 0 fully saturated rings. The van der Waals surface area contributed by atoms with Crippen LogP contribution in [0.15, 0.2) is 28.8 Å². The van der Waals surface area contributed by atoms with E-state index in [1.165, 1.54) is 41.4 Å². The van der Waals surface area contributed by atoms with Gasteiger partial charge in [-0.25, -0.2) is 0 Å². The van der Waals surface area contributed by atoms with Gasteiger partial charge in [-0.15, -0.1) is 11.3 Å². The van der Waals surface area contributed by atoms with E-state index < -0.39 is 4.92 Å². The quantitative estimate of drug-likeness (QED) is 0.584. The molecular formula is C9H7N3O3S. The van der Waals surface area contributed by atoms with Crippen LogP contribution < -0.4 is 5.56 Å². The maximum absolute atomic E-state index is 11.8. The zero-order chi connectivity index (χ0) is 11.7. The first-order valence-electron chi connectivity index (χ1n) is 4.33. The third-order valence-corrected chi connectivity index (χ3v) is 2.88. The lowest BCUT2D eigenvalue weighted by Crippen LogP contribution is -2.18. The summed E-state index contributed by atoms with van der Waals surface area (Å²) in [7, 11) is 1.49. The number of nitrogens with zero attached hydrogens (tertiary/aromatic N) is 3. The van der Waals surface area contributed by atoms with Crippen molar-refractivity contribution in [3.63, 3.8) is 0 Å². The Morgan fingerprint density at radius 1 is 1.56 bits per heavy atom. The van der Waals surface area contributed by atoms with Gasteiger partial charge < -0.3 is 4.57 Å². The van der Waals surface area contributed by atoms with Crippen molar-refractivity contribution in [2.24, 2.45) is 7.05 Å². The lowest BCUT2D eigenvalue weighted by atomic mass is 10.2. The molecule has 7 heteroatoms. The number of rotatable bonds is 2. The number of hydrogen-bond acceptors (Lipinski definition) is 5. The third-order valence-electron chi connectivity index (χ3n) is 2.08. The Hall–Kier alpha value is -2.02. The molecule has 0 saturated heterocycles. The Labute approximate surface area is 94.0 Å². The van der Waals surface area contributed by atoms with Gasteiger partial charge in [0.1, 0.15) is 0 Å². The molecule has 0 unspecified atom stereocenters. The lowest BCUT2D eigenvalue weighted by molar-refractivity contribution is -0.385. The minimum Gasteiger partial charge on any atom is -0.311 e. The second kappa shape index (κ2) is 3.86. The lowest BCUT2D eigenvalue weighted by Gasteiger charge is -2.01. The number of pyridine rings is 1. The Bertz CT molecular complexity index is 589. The normalized spacial score (nSPS) is 10.3. The summed E-state index contributed by atoms with van der Waals surface area (Å²) in [5, 5.41) is 10.7. The van der Waals surface area contributed by atoms with E-state index in [1.807, 2.05) is 0 Å². The van der Waals surface area contributed by atoms with E-state index in [-0.39, 0.29) is 11.2 Å². The van der Waals surface area contributed by atoms with Crippen LogP contribution in [0.2, 0.25) is 0 Å². The first-order valence-corrected chi connectivity index (χ1v) is 5.21. The van der Waals surface area contributed by atoms with E-state index in [1.54, 1.807) is 5.51 Å². The van der Waals surface area contributed by atoms with Crippen molar-refractivity contribution in [1.82, 2.24) is 9.55 Å². The maximum atomic E-state index is 11.8. The highest BCUT2D eigenvalue weighted by molar-refractivity contribution is 7.13. The van der Waals surface area contributed by atoms with Crippen molar-refractivity contribution >= 4 is 17.0 Å². The van der Waals surface area contributed by atoms with Crippen LogP contribution in [0.3, 0.4) is 0 Å². The first kappa shape index (κ1) is 10.5. The molecule has 0 atom stereocenters. The molecule has 0 aliphatic carbocycles. The third kappa shape index (κ3) is 1.72. The molecule has 6 nitrogen and oxygen atoms in total. The molecule has 2 aromatic rings. The molecule has 0 aromatic carbocycles. The zero-order valence-corrected chi connectivity index (χ0v) is 9.10. The number of thiazole rings is 1. The predicted octanol–water partition coefficient (Wildman–Crippen LogP) is 1.42. The molecule has 2 heterocycles. The van der Waals surface area contributed by atoms with E-state index in [2.05, 4.69) is 4.98 Å². The highest BCUT2D eigenvalue weighted by atomic mass is 32.1. The second-order valence-corrected chi connectivity index (χ2v) is 4.04. The van der Waals surface area contributed by atoms with E-state index in [0.717, 1.165) is 0 Å². The summed E-state index contributed by atoms with van der Waals surface area (Å²) >= 11 is 1.27. The highest BCUT2D eigenvalue weighted by Crippen LogP contribution is 2.22. The Morgan fingerprint density at radius 2 is 2.31 bits per heavy atom. The zero-order valence-electron chi connectivity index (χ0n) is 8.28. The minimum absolute atomic E-state index is 0.106. The van der Waals surface area contributed by atoms with Gasteiger partial charge in [-0.3, -0.25) is 19.9 Å². The van der Waals surface area contributed by atoms with Gasteiger partial charge in [0.15, 0.2) is 0 Å². The van der Waals surface area contributed by atoms with E-state index >= 15 is 0 Å². The van der Waals surface area contributed by atoms with Gasteiger partial charge in [0.2, 0.25) is 0 Å². The topological polar surface area (TPSA) is 78.0 Å². The molecule has 0 bridgehead atoms. The van der Waals surface area contributed by atoms with Gasteiger partial charge in [-0.2, -0.15) is 0 Å². The molecular weight excluding hydrogens is 230 g/mol. The first-order chi connectivity index (χ1) is 7.59. The SMILES string of the molecule is Cn1cc([N+](=O)[O-])cc(-c2cncs2)c1=O. The van der Waals surface area contributed by atoms with E-state index in [9.17, 15) is 14.9 Å². The van der Waals surface area contributed by atoms with Crippen LogP contribution in [0.4, 0.5) is 5.69 Å². The van der Waals surface area contributed by atoms with Crippen LogP contribution >= 0.6 is 11.3 Å². The Balaban J connectivity index is 2.70. The smallest absolute Gasteiger partial charge is 0.286 e. The van der Waals surface area contributed by atoms with Crippen molar-refractivity contribution < 1.29 is 4.92 Å². The van der Waals surface area contributed by atoms with Crippen LogP contribution in [0.1, 0.15) is 0 Å². The summed E-state index contributed by atoms with van der Waals surface area (Å²) in [4.78, 5) is 26.4. The number of nitro groups is 1. The molecule has 16 heavy (non-hydrogen) atoms. The molecule has 0 aliphatic heterocycles. The van der Waals surface area contributed by atoms with Crippen LogP contribution in [0.25, 0.3) is 10.4 Å². The fourth-order valence-electron chi connectivity index (χ4n) is 1.32. The molecule has 82 valence electrons. The van der Waals surface area contributed by atoms with E-state index in [4.69, 9.17) is 0 Å². The average molecular weight is 237 g/mol. The van der Waals surface area contributed by atoms with Crippen molar-refractivity contribution in [1.29, 1.82) is 0 Å². The largest absolute Gasteiger partial charge is 0.311 e. The van der Waals surface area contributed by atoms with Gasteiger partial charge in [-0.1, -0.05) is 0 Å². The van der Waals surface area contributed by atoms with Gasteiger partial charge >= 0.3 is 0 Å². The summed E-state index contributed by atoms with van der Waals surface area (Å²) in [6, 6.07) is 1.27. The number of aryl methyl sites for hydroxylation is 1. The van der Waals surface area contributed by atoms with Crippen molar-refractivity contribution in [2.75, 3.05) is 0 Å². The van der Waals surface area contributed by atoms with Crippen LogP contribution in [0, 0.1) is 10.1 Å². The summed E-state index contributed by atoms with van der Waals surface area (Å²) in [6.07, 6.45) is 2.72. The van der Waals surface area contributed by atoms with Gasteiger partial charge in [0.05, 0.1) is 27.1 Å². The molecule has 2 rings (SSSR count). The standard InChI is InChI=1S/C9H7N3O3S/c1-11-4-6(12(14)15)2-7(9(11)13)8-3-10-5-16-8/h2-5H,1H3. The van der Waals surface area contributed by atoms with E-state index in [0.29, 0.717) is 10.4 Å². The number of hydrogen-bond donors (Lipinski definition) is 0. The minimum atomic E-state index is -0.524. The molecule has 0 amide bonds. The van der Waals surface area contributed by atoms with Gasteiger partial charge in [-0.05, 0) is 0 Å². The van der Waals surface area contributed by atoms with Crippen molar-refractivity contribution in [3.05, 3.63) is 44.4 Å². The molecule has 0 radical (unpaired) electrons.